The van der Waals surface area contributed by atoms with E-state index in [4.69, 9.17) is 16.4 Å². The van der Waals surface area contributed by atoms with Gasteiger partial charge >= 0.3 is 0 Å². The van der Waals surface area contributed by atoms with Gasteiger partial charge in [-0.15, -0.1) is 0 Å². The Labute approximate surface area is 170 Å². The van der Waals surface area contributed by atoms with Gasteiger partial charge in [0, 0.05) is 11.6 Å². The molecule has 0 spiro atoms. The monoisotopic (exact) mass is 390 g/mol. The summed E-state index contributed by atoms with van der Waals surface area (Å²) in [6.07, 6.45) is 9.28. The summed E-state index contributed by atoms with van der Waals surface area (Å²) in [5.74, 6) is 0. The molecular formula is C23H35ClN2O. The van der Waals surface area contributed by atoms with E-state index in [1.807, 2.05) is 12.1 Å². The molecule has 0 saturated heterocycles. The number of allylic oxidation sites excluding steroid dienone is 2. The number of hydroxylamine groups is 1. The number of hydrogen-bond donors (Lipinski definition) is 1. The Hall–Kier alpha value is -1.29. The topological polar surface area (TPSA) is 24.5 Å². The van der Waals surface area contributed by atoms with Crippen LogP contribution in [0.4, 0.5) is 0 Å². The lowest BCUT2D eigenvalue weighted by molar-refractivity contribution is 0.0469. The number of rotatable bonds is 10. The molecule has 0 saturated carbocycles. The van der Waals surface area contributed by atoms with Crippen molar-refractivity contribution in [1.82, 2.24) is 10.4 Å². The van der Waals surface area contributed by atoms with E-state index in [9.17, 15) is 0 Å². The number of benzene rings is 1. The van der Waals surface area contributed by atoms with E-state index in [0.29, 0.717) is 6.61 Å². The van der Waals surface area contributed by atoms with Gasteiger partial charge in [0.2, 0.25) is 0 Å². The first-order valence-electron chi connectivity index (χ1n) is 10.5. The van der Waals surface area contributed by atoms with Gasteiger partial charge in [0.1, 0.15) is 0 Å². The Morgan fingerprint density at radius 1 is 1.07 bits per heavy atom. The van der Waals surface area contributed by atoms with Crippen molar-refractivity contribution in [3.8, 4) is 0 Å². The molecule has 27 heavy (non-hydrogen) atoms. The molecule has 1 aliphatic rings. The van der Waals surface area contributed by atoms with Crippen LogP contribution in [0.5, 0.6) is 0 Å². The van der Waals surface area contributed by atoms with Crippen LogP contribution in [0.15, 0.2) is 41.1 Å². The summed E-state index contributed by atoms with van der Waals surface area (Å²) in [6, 6.07) is 8.07. The zero-order valence-corrected chi connectivity index (χ0v) is 17.9. The van der Waals surface area contributed by atoms with Crippen molar-refractivity contribution in [2.45, 2.75) is 59.3 Å². The van der Waals surface area contributed by atoms with Crippen molar-refractivity contribution in [2.75, 3.05) is 26.2 Å². The molecule has 0 bridgehead atoms. The number of likely N-dealkylation sites (N-methyl/N-ethyl adjacent to an activating group) is 1. The fourth-order valence-corrected chi connectivity index (χ4v) is 3.69. The van der Waals surface area contributed by atoms with Crippen LogP contribution in [-0.2, 0) is 4.84 Å². The van der Waals surface area contributed by atoms with Gasteiger partial charge in [-0.25, -0.2) is 0 Å². The minimum atomic E-state index is 0.693. The maximum Gasteiger partial charge on any atom is 0.0873 e. The van der Waals surface area contributed by atoms with Crippen LogP contribution in [-0.4, -0.2) is 31.1 Å². The number of nitrogens with zero attached hydrogens (tertiary/aromatic N) is 1. The van der Waals surface area contributed by atoms with Gasteiger partial charge in [-0.1, -0.05) is 50.9 Å². The fourth-order valence-electron chi connectivity index (χ4n) is 3.56. The molecule has 0 radical (unpaired) electrons. The van der Waals surface area contributed by atoms with Gasteiger partial charge in [-0.2, -0.15) is 0 Å². The summed E-state index contributed by atoms with van der Waals surface area (Å²) in [6.45, 7) is 10.4. The Morgan fingerprint density at radius 3 is 2.44 bits per heavy atom. The second kappa shape index (κ2) is 12.2. The summed E-state index contributed by atoms with van der Waals surface area (Å²) >= 11 is 6.04. The number of halogens is 1. The van der Waals surface area contributed by atoms with E-state index in [1.165, 1.54) is 35.2 Å². The fraction of sp³-hybridized carbons (Fsp3) is 0.565. The molecule has 1 aromatic carbocycles. The highest BCUT2D eigenvalue weighted by Gasteiger charge is 2.16. The van der Waals surface area contributed by atoms with Crippen LogP contribution in [0.25, 0.3) is 6.08 Å². The van der Waals surface area contributed by atoms with E-state index in [1.54, 1.807) is 0 Å². The van der Waals surface area contributed by atoms with Crippen molar-refractivity contribution in [2.24, 2.45) is 0 Å². The van der Waals surface area contributed by atoms with Gasteiger partial charge < -0.3 is 4.90 Å². The van der Waals surface area contributed by atoms with E-state index in [-0.39, 0.29) is 0 Å². The molecule has 1 N–H and O–H groups in total. The minimum Gasteiger partial charge on any atom is -0.301 e. The Kier molecular flexibility index (Phi) is 9.96. The lowest BCUT2D eigenvalue weighted by atomic mass is 10.00. The van der Waals surface area contributed by atoms with Crippen LogP contribution in [0.2, 0.25) is 5.02 Å². The maximum absolute atomic E-state index is 6.04. The van der Waals surface area contributed by atoms with Crippen molar-refractivity contribution in [3.05, 3.63) is 51.7 Å². The summed E-state index contributed by atoms with van der Waals surface area (Å²) < 4.78 is 0. The number of nitrogens with one attached hydrogen (secondary N) is 1. The maximum atomic E-state index is 6.04. The van der Waals surface area contributed by atoms with Gasteiger partial charge in [-0.05, 0) is 80.1 Å². The first-order chi connectivity index (χ1) is 13.2. The molecule has 4 heteroatoms. The van der Waals surface area contributed by atoms with E-state index in [0.717, 1.165) is 50.3 Å². The predicted molar refractivity (Wildman–Crippen MR) is 117 cm³/mol. The zero-order valence-electron chi connectivity index (χ0n) is 17.2. The third kappa shape index (κ3) is 7.33. The highest BCUT2D eigenvalue weighted by molar-refractivity contribution is 6.30. The minimum absolute atomic E-state index is 0.693. The number of hydrogen-bond acceptors (Lipinski definition) is 3. The molecule has 0 unspecified atom stereocenters. The van der Waals surface area contributed by atoms with Gasteiger partial charge in [-0.3, -0.25) is 10.3 Å². The summed E-state index contributed by atoms with van der Waals surface area (Å²) in [5.41, 5.74) is 8.59. The van der Waals surface area contributed by atoms with Crippen LogP contribution < -0.4 is 5.48 Å². The molecule has 2 rings (SSSR count). The average molecular weight is 391 g/mol. The average Bonchev–Trinajstić information content (AvgIpc) is 2.86. The van der Waals surface area contributed by atoms with Gasteiger partial charge in [0.25, 0.3) is 0 Å². The van der Waals surface area contributed by atoms with Crippen LogP contribution in [0, 0.1) is 0 Å². The molecule has 0 aromatic heterocycles. The van der Waals surface area contributed by atoms with Crippen molar-refractivity contribution < 1.29 is 4.84 Å². The Bertz CT molecular complexity index is 618. The summed E-state index contributed by atoms with van der Waals surface area (Å²) in [4.78, 5) is 8.29. The van der Waals surface area contributed by atoms with E-state index >= 15 is 0 Å². The quantitative estimate of drug-likeness (QED) is 0.379. The second-order valence-corrected chi connectivity index (χ2v) is 7.57. The Morgan fingerprint density at radius 2 is 1.78 bits per heavy atom. The van der Waals surface area contributed by atoms with E-state index < -0.39 is 0 Å². The third-order valence-corrected chi connectivity index (χ3v) is 5.44. The van der Waals surface area contributed by atoms with Gasteiger partial charge in [0.15, 0.2) is 0 Å². The molecule has 0 fully saturated rings. The summed E-state index contributed by atoms with van der Waals surface area (Å²) in [5, 5.41) is 0.776. The lowest BCUT2D eigenvalue weighted by Crippen LogP contribution is -2.29. The standard InChI is InChI=1S/C23H35ClN2O/c1-4-9-20-10-7-8-11-21(18-19-12-14-22(24)15-13-19)23(20)25-27-17-16-26(5-2)6-3/h12-15,18,25H,4-11,16-17H2,1-3H3. The predicted octanol–water partition coefficient (Wildman–Crippen LogP) is 6.21. The SMILES string of the molecule is CCCC1=C(NOCCN(CC)CC)C(=Cc2ccc(Cl)cc2)CCCC1. The molecule has 1 aromatic rings. The molecule has 0 aliphatic heterocycles. The largest absolute Gasteiger partial charge is 0.301 e. The summed E-state index contributed by atoms with van der Waals surface area (Å²) in [7, 11) is 0. The van der Waals surface area contributed by atoms with Crippen molar-refractivity contribution >= 4 is 17.7 Å². The first-order valence-corrected chi connectivity index (χ1v) is 10.8. The molecule has 0 amide bonds. The zero-order chi connectivity index (χ0) is 19.5. The van der Waals surface area contributed by atoms with Crippen molar-refractivity contribution in [1.29, 1.82) is 0 Å². The highest BCUT2D eigenvalue weighted by atomic mass is 35.5. The highest BCUT2D eigenvalue weighted by Crippen LogP contribution is 2.31. The molecule has 150 valence electrons. The first kappa shape index (κ1) is 22.0. The van der Waals surface area contributed by atoms with Crippen molar-refractivity contribution in [3.63, 3.8) is 0 Å². The molecule has 3 nitrogen and oxygen atoms in total. The second-order valence-electron chi connectivity index (χ2n) is 7.13. The molecular weight excluding hydrogens is 356 g/mol. The Balaban J connectivity index is 2.16. The lowest BCUT2D eigenvalue weighted by Gasteiger charge is -2.20. The van der Waals surface area contributed by atoms with Gasteiger partial charge in [0.05, 0.1) is 12.3 Å². The van der Waals surface area contributed by atoms with E-state index in [2.05, 4.69) is 49.4 Å². The third-order valence-electron chi connectivity index (χ3n) is 5.19. The smallest absolute Gasteiger partial charge is 0.0873 e. The van der Waals surface area contributed by atoms with Crippen LogP contribution >= 0.6 is 11.6 Å². The molecule has 0 atom stereocenters. The normalized spacial score (nSPS) is 16.9. The molecule has 1 aliphatic carbocycles. The molecule has 0 heterocycles. The van der Waals surface area contributed by atoms with Crippen LogP contribution in [0.1, 0.15) is 64.9 Å². The van der Waals surface area contributed by atoms with Crippen LogP contribution in [0.3, 0.4) is 0 Å².